The number of sulfonamides is 1. The first-order chi connectivity index (χ1) is 13.8. The number of fused-ring (bicyclic) bond motifs is 1. The highest BCUT2D eigenvalue weighted by molar-refractivity contribution is 7.91. The number of carbonyl (C=O) groups excluding carboxylic acids is 2. The zero-order chi connectivity index (χ0) is 20.6. The summed E-state index contributed by atoms with van der Waals surface area (Å²) < 4.78 is 29.0. The molecule has 0 atom stereocenters. The molecule has 1 N–H and O–H groups in total. The number of hydrogen-bond donors (Lipinski definition) is 1. The van der Waals surface area contributed by atoms with E-state index in [1.54, 1.807) is 4.90 Å². The van der Waals surface area contributed by atoms with Gasteiger partial charge in [-0.25, -0.2) is 13.4 Å². The van der Waals surface area contributed by atoms with Crippen LogP contribution in [0.5, 0.6) is 0 Å². The van der Waals surface area contributed by atoms with Crippen molar-refractivity contribution in [2.24, 2.45) is 0 Å². The van der Waals surface area contributed by atoms with Crippen molar-refractivity contribution in [1.82, 2.24) is 24.0 Å². The van der Waals surface area contributed by atoms with Crippen LogP contribution in [0, 0.1) is 0 Å². The standard InChI is InChI=1S/C17H22N6O4S2/c1-12(24)19-17-18-11-15(28-17)29(26,27)22-8-6-21(7-9-22)16(25)14-10-13-4-2-3-5-23(13)20-14/h10-11H,2-9H2,1H3,(H,18,19,24). The molecule has 29 heavy (non-hydrogen) atoms. The lowest BCUT2D eigenvalue weighted by Crippen LogP contribution is -2.50. The Morgan fingerprint density at radius 3 is 2.59 bits per heavy atom. The number of amides is 2. The maximum absolute atomic E-state index is 12.8. The molecule has 0 radical (unpaired) electrons. The van der Waals surface area contributed by atoms with E-state index in [4.69, 9.17) is 0 Å². The molecule has 0 saturated carbocycles. The second-order valence-electron chi connectivity index (χ2n) is 7.06. The molecule has 0 aromatic carbocycles. The lowest BCUT2D eigenvalue weighted by atomic mass is 10.1. The van der Waals surface area contributed by atoms with Crippen LogP contribution in [0.3, 0.4) is 0 Å². The van der Waals surface area contributed by atoms with Gasteiger partial charge in [-0.2, -0.15) is 9.40 Å². The Morgan fingerprint density at radius 2 is 1.90 bits per heavy atom. The minimum absolute atomic E-state index is 0.0720. The average molecular weight is 439 g/mol. The molecule has 2 aliphatic rings. The van der Waals surface area contributed by atoms with Crippen molar-refractivity contribution >= 4 is 38.3 Å². The molecule has 4 rings (SSSR count). The van der Waals surface area contributed by atoms with Gasteiger partial charge in [-0.15, -0.1) is 0 Å². The van der Waals surface area contributed by atoms with E-state index < -0.39 is 10.0 Å². The van der Waals surface area contributed by atoms with E-state index in [0.29, 0.717) is 18.8 Å². The van der Waals surface area contributed by atoms with Crippen molar-refractivity contribution in [3.63, 3.8) is 0 Å². The van der Waals surface area contributed by atoms with Crippen molar-refractivity contribution in [1.29, 1.82) is 0 Å². The lowest BCUT2D eigenvalue weighted by molar-refractivity contribution is -0.114. The van der Waals surface area contributed by atoms with Crippen LogP contribution in [0.1, 0.15) is 35.9 Å². The first-order valence-corrected chi connectivity index (χ1v) is 11.7. The van der Waals surface area contributed by atoms with Crippen molar-refractivity contribution in [2.45, 2.75) is 36.9 Å². The summed E-state index contributed by atoms with van der Waals surface area (Å²) in [7, 11) is -3.71. The summed E-state index contributed by atoms with van der Waals surface area (Å²) in [5.41, 5.74) is 1.52. The Kier molecular flexibility index (Phi) is 5.40. The van der Waals surface area contributed by atoms with Gasteiger partial charge in [0.1, 0.15) is 0 Å². The van der Waals surface area contributed by atoms with Crippen molar-refractivity contribution in [2.75, 3.05) is 31.5 Å². The summed E-state index contributed by atoms with van der Waals surface area (Å²) in [6.45, 7) is 3.19. The van der Waals surface area contributed by atoms with E-state index in [9.17, 15) is 18.0 Å². The Balaban J connectivity index is 1.40. The van der Waals surface area contributed by atoms with E-state index in [1.807, 2.05) is 10.7 Å². The fourth-order valence-corrected chi connectivity index (χ4v) is 6.19. The average Bonchev–Trinajstić information content (AvgIpc) is 3.34. The molecule has 4 heterocycles. The van der Waals surface area contributed by atoms with Crippen LogP contribution < -0.4 is 5.32 Å². The lowest BCUT2D eigenvalue weighted by Gasteiger charge is -2.33. The van der Waals surface area contributed by atoms with Crippen molar-refractivity contribution in [3.05, 3.63) is 23.7 Å². The van der Waals surface area contributed by atoms with Gasteiger partial charge < -0.3 is 10.2 Å². The van der Waals surface area contributed by atoms with Gasteiger partial charge in [-0.1, -0.05) is 11.3 Å². The number of anilines is 1. The van der Waals surface area contributed by atoms with Crippen LogP contribution in [-0.2, 0) is 27.8 Å². The molecule has 156 valence electrons. The molecule has 0 bridgehead atoms. The maximum Gasteiger partial charge on any atom is 0.274 e. The van der Waals surface area contributed by atoms with Gasteiger partial charge in [-0.3, -0.25) is 14.3 Å². The molecule has 0 spiro atoms. The Morgan fingerprint density at radius 1 is 1.14 bits per heavy atom. The molecular formula is C17H22N6O4S2. The van der Waals surface area contributed by atoms with Gasteiger partial charge in [0, 0.05) is 45.3 Å². The van der Waals surface area contributed by atoms with Crippen LogP contribution in [0.4, 0.5) is 5.13 Å². The summed E-state index contributed by atoms with van der Waals surface area (Å²) >= 11 is 0.915. The summed E-state index contributed by atoms with van der Waals surface area (Å²) in [6, 6.07) is 1.85. The molecule has 2 amide bonds. The highest BCUT2D eigenvalue weighted by Gasteiger charge is 2.32. The number of rotatable bonds is 4. The van der Waals surface area contributed by atoms with E-state index in [2.05, 4.69) is 15.4 Å². The number of nitrogens with zero attached hydrogens (tertiary/aromatic N) is 5. The second-order valence-corrected chi connectivity index (χ2v) is 10.3. The van der Waals surface area contributed by atoms with Crippen LogP contribution >= 0.6 is 11.3 Å². The molecule has 2 aromatic rings. The van der Waals surface area contributed by atoms with Crippen LogP contribution in [0.25, 0.3) is 0 Å². The Hall–Kier alpha value is -2.31. The van der Waals surface area contributed by atoms with Gasteiger partial charge in [0.2, 0.25) is 5.91 Å². The summed E-state index contributed by atoms with van der Waals surface area (Å²) in [4.78, 5) is 29.5. The number of hydrogen-bond acceptors (Lipinski definition) is 7. The van der Waals surface area contributed by atoms with Crippen molar-refractivity contribution < 1.29 is 18.0 Å². The Labute approximate surface area is 172 Å². The third kappa shape index (κ3) is 4.05. The highest BCUT2D eigenvalue weighted by atomic mass is 32.2. The molecule has 0 unspecified atom stereocenters. The summed E-state index contributed by atoms with van der Waals surface area (Å²) in [5, 5.41) is 7.15. The molecule has 1 saturated heterocycles. The maximum atomic E-state index is 12.8. The van der Waals surface area contributed by atoms with E-state index in [0.717, 1.165) is 42.8 Å². The van der Waals surface area contributed by atoms with Gasteiger partial charge in [0.25, 0.3) is 15.9 Å². The van der Waals surface area contributed by atoms with Gasteiger partial charge in [0.05, 0.1) is 6.20 Å². The van der Waals surface area contributed by atoms with Gasteiger partial charge in [-0.05, 0) is 25.3 Å². The van der Waals surface area contributed by atoms with Crippen LogP contribution in [-0.4, -0.2) is 70.4 Å². The zero-order valence-corrected chi connectivity index (χ0v) is 17.6. The summed E-state index contributed by atoms with van der Waals surface area (Å²) in [6.07, 6.45) is 4.36. The number of nitrogens with one attached hydrogen (secondary N) is 1. The second kappa shape index (κ2) is 7.84. The number of carbonyl (C=O) groups is 2. The zero-order valence-electron chi connectivity index (χ0n) is 16.0. The quantitative estimate of drug-likeness (QED) is 0.754. The third-order valence-electron chi connectivity index (χ3n) is 5.02. The molecule has 10 nitrogen and oxygen atoms in total. The van der Waals surface area contributed by atoms with E-state index in [-0.39, 0.29) is 34.2 Å². The highest BCUT2D eigenvalue weighted by Crippen LogP contribution is 2.27. The number of thiazole rings is 1. The molecular weight excluding hydrogens is 416 g/mol. The minimum atomic E-state index is -3.71. The molecule has 0 aliphatic carbocycles. The first kappa shape index (κ1) is 20.0. The smallest absolute Gasteiger partial charge is 0.274 e. The van der Waals surface area contributed by atoms with Gasteiger partial charge >= 0.3 is 0 Å². The molecule has 2 aromatic heterocycles. The fourth-order valence-electron chi connectivity index (χ4n) is 3.53. The predicted octanol–water partition coefficient (Wildman–Crippen LogP) is 0.781. The molecule has 12 heteroatoms. The molecule has 2 aliphatic heterocycles. The molecule has 1 fully saturated rings. The third-order valence-corrected chi connectivity index (χ3v) is 8.27. The predicted molar refractivity (Wildman–Crippen MR) is 106 cm³/mol. The van der Waals surface area contributed by atoms with Crippen LogP contribution in [0.15, 0.2) is 16.5 Å². The van der Waals surface area contributed by atoms with E-state index >= 15 is 0 Å². The minimum Gasteiger partial charge on any atom is -0.335 e. The monoisotopic (exact) mass is 438 g/mol. The van der Waals surface area contributed by atoms with Crippen molar-refractivity contribution in [3.8, 4) is 0 Å². The van der Waals surface area contributed by atoms with Crippen LogP contribution in [0.2, 0.25) is 0 Å². The van der Waals surface area contributed by atoms with Gasteiger partial charge in [0.15, 0.2) is 15.0 Å². The number of piperazine rings is 1. The Bertz CT molecular complexity index is 1010. The summed E-state index contributed by atoms with van der Waals surface area (Å²) in [5.74, 6) is -0.467. The van der Waals surface area contributed by atoms with E-state index in [1.165, 1.54) is 17.4 Å². The number of aryl methyl sites for hydroxylation is 2. The first-order valence-electron chi connectivity index (χ1n) is 9.44. The largest absolute Gasteiger partial charge is 0.335 e. The normalized spacial score (nSPS) is 17.8. The number of aromatic nitrogens is 3. The fraction of sp³-hybridized carbons (Fsp3) is 0.529. The SMILES string of the molecule is CC(=O)Nc1ncc(S(=O)(=O)N2CCN(C(=O)c3cc4n(n3)CCCC4)CC2)s1. The topological polar surface area (TPSA) is 117 Å².